The standard InChI is InChI=1S/C20H30N2O3/c1-19(2,3)25-18(23)22-12-9-15-7-6-8-16(17(15)22)13-21-14-20(24)10-4-5-11-20/h6-8,21,24H,4-5,9-14H2,1-3H3. The molecular formula is C20H30N2O3. The Morgan fingerprint density at radius 3 is 2.72 bits per heavy atom. The monoisotopic (exact) mass is 346 g/mol. The number of benzene rings is 1. The molecule has 0 aromatic heterocycles. The number of amides is 1. The number of hydrogen-bond acceptors (Lipinski definition) is 4. The first kappa shape index (κ1) is 18.2. The normalized spacial score (nSPS) is 19.1. The van der Waals surface area contributed by atoms with Crippen molar-refractivity contribution in [3.8, 4) is 0 Å². The van der Waals surface area contributed by atoms with Crippen LogP contribution in [0.5, 0.6) is 0 Å². The molecule has 1 aliphatic carbocycles. The smallest absolute Gasteiger partial charge is 0.414 e. The maximum Gasteiger partial charge on any atom is 0.414 e. The number of aliphatic hydroxyl groups is 1. The summed E-state index contributed by atoms with van der Waals surface area (Å²) in [7, 11) is 0. The Morgan fingerprint density at radius 2 is 2.04 bits per heavy atom. The van der Waals surface area contributed by atoms with E-state index < -0.39 is 11.2 Å². The summed E-state index contributed by atoms with van der Waals surface area (Å²) >= 11 is 0. The van der Waals surface area contributed by atoms with Gasteiger partial charge in [0.1, 0.15) is 5.60 Å². The average molecular weight is 346 g/mol. The van der Waals surface area contributed by atoms with Gasteiger partial charge in [0.15, 0.2) is 0 Å². The van der Waals surface area contributed by atoms with Crippen LogP contribution in [0.1, 0.15) is 57.6 Å². The zero-order chi connectivity index (χ0) is 18.1. The van der Waals surface area contributed by atoms with Crippen LogP contribution in [0.15, 0.2) is 18.2 Å². The largest absolute Gasteiger partial charge is 0.443 e. The van der Waals surface area contributed by atoms with E-state index in [2.05, 4.69) is 11.4 Å². The van der Waals surface area contributed by atoms with Gasteiger partial charge in [-0.05, 0) is 51.2 Å². The van der Waals surface area contributed by atoms with E-state index in [0.717, 1.165) is 43.4 Å². The van der Waals surface area contributed by atoms with Crippen LogP contribution >= 0.6 is 0 Å². The zero-order valence-corrected chi connectivity index (χ0v) is 15.6. The summed E-state index contributed by atoms with van der Waals surface area (Å²) in [4.78, 5) is 14.3. The van der Waals surface area contributed by atoms with Gasteiger partial charge in [-0.3, -0.25) is 4.90 Å². The van der Waals surface area contributed by atoms with Crippen LogP contribution in [0.4, 0.5) is 10.5 Å². The molecule has 0 unspecified atom stereocenters. The molecule has 25 heavy (non-hydrogen) atoms. The molecule has 0 radical (unpaired) electrons. The Morgan fingerprint density at radius 1 is 1.32 bits per heavy atom. The van der Waals surface area contributed by atoms with E-state index in [0.29, 0.717) is 19.6 Å². The molecule has 0 atom stereocenters. The second-order valence-electron chi connectivity index (χ2n) is 8.34. The summed E-state index contributed by atoms with van der Waals surface area (Å²) in [6.45, 7) is 7.56. The van der Waals surface area contributed by atoms with E-state index in [4.69, 9.17) is 4.74 Å². The second kappa shape index (κ2) is 6.96. The molecule has 1 aromatic rings. The summed E-state index contributed by atoms with van der Waals surface area (Å²) in [5.74, 6) is 0. The first-order chi connectivity index (χ1) is 11.8. The first-order valence-electron chi connectivity index (χ1n) is 9.32. The molecule has 0 spiro atoms. The van der Waals surface area contributed by atoms with Gasteiger partial charge in [-0.15, -0.1) is 0 Å². The van der Waals surface area contributed by atoms with Gasteiger partial charge in [-0.2, -0.15) is 0 Å². The molecule has 3 rings (SSSR count). The summed E-state index contributed by atoms with van der Waals surface area (Å²) in [6.07, 6.45) is 4.52. The number of nitrogens with zero attached hydrogens (tertiary/aromatic N) is 1. The van der Waals surface area contributed by atoms with Crippen LogP contribution in [-0.4, -0.2) is 35.5 Å². The molecule has 2 aliphatic rings. The highest BCUT2D eigenvalue weighted by atomic mass is 16.6. The molecule has 138 valence electrons. The Kier molecular flexibility index (Phi) is 5.07. The fourth-order valence-electron chi connectivity index (χ4n) is 3.82. The van der Waals surface area contributed by atoms with E-state index in [1.807, 2.05) is 32.9 Å². The van der Waals surface area contributed by atoms with Crippen molar-refractivity contribution >= 4 is 11.8 Å². The molecule has 5 nitrogen and oxygen atoms in total. The number of para-hydroxylation sites is 1. The van der Waals surface area contributed by atoms with Crippen molar-refractivity contribution in [2.24, 2.45) is 0 Å². The van der Waals surface area contributed by atoms with Gasteiger partial charge in [0.05, 0.1) is 11.3 Å². The van der Waals surface area contributed by atoms with Crippen LogP contribution in [0.2, 0.25) is 0 Å². The van der Waals surface area contributed by atoms with Gasteiger partial charge in [0.25, 0.3) is 0 Å². The molecule has 1 aromatic carbocycles. The van der Waals surface area contributed by atoms with Crippen molar-refractivity contribution < 1.29 is 14.6 Å². The number of anilines is 1. The molecule has 1 aliphatic heterocycles. The summed E-state index contributed by atoms with van der Waals surface area (Å²) in [5.41, 5.74) is 2.18. The van der Waals surface area contributed by atoms with Gasteiger partial charge >= 0.3 is 6.09 Å². The lowest BCUT2D eigenvalue weighted by molar-refractivity contribution is 0.0473. The fraction of sp³-hybridized carbons (Fsp3) is 0.650. The molecule has 1 saturated carbocycles. The van der Waals surface area contributed by atoms with Crippen molar-refractivity contribution in [3.05, 3.63) is 29.3 Å². The van der Waals surface area contributed by atoms with Gasteiger partial charge in [0, 0.05) is 19.6 Å². The van der Waals surface area contributed by atoms with E-state index in [9.17, 15) is 9.90 Å². The van der Waals surface area contributed by atoms with Crippen LogP contribution in [0.3, 0.4) is 0 Å². The highest BCUT2D eigenvalue weighted by molar-refractivity contribution is 5.91. The first-order valence-corrected chi connectivity index (χ1v) is 9.32. The van der Waals surface area contributed by atoms with E-state index in [1.165, 1.54) is 5.56 Å². The SMILES string of the molecule is CC(C)(C)OC(=O)N1CCc2cccc(CNCC3(O)CCCC3)c21. The summed E-state index contributed by atoms with van der Waals surface area (Å²) in [6, 6.07) is 6.17. The predicted molar refractivity (Wildman–Crippen MR) is 98.9 cm³/mol. The lowest BCUT2D eigenvalue weighted by atomic mass is 10.0. The van der Waals surface area contributed by atoms with Crippen LogP contribution in [0, 0.1) is 0 Å². The highest BCUT2D eigenvalue weighted by Gasteiger charge is 2.32. The molecule has 1 amide bonds. The third-order valence-electron chi connectivity index (χ3n) is 5.00. The number of nitrogens with one attached hydrogen (secondary N) is 1. The van der Waals surface area contributed by atoms with Gasteiger partial charge in [-0.1, -0.05) is 31.0 Å². The predicted octanol–water partition coefficient (Wildman–Crippen LogP) is 3.38. The maximum absolute atomic E-state index is 12.6. The number of hydrogen-bond donors (Lipinski definition) is 2. The van der Waals surface area contributed by atoms with Gasteiger partial charge in [0.2, 0.25) is 0 Å². The zero-order valence-electron chi connectivity index (χ0n) is 15.6. The quantitative estimate of drug-likeness (QED) is 0.877. The van der Waals surface area contributed by atoms with Gasteiger partial charge in [-0.25, -0.2) is 4.79 Å². The lowest BCUT2D eigenvalue weighted by Gasteiger charge is -2.26. The number of rotatable bonds is 4. The van der Waals surface area contributed by atoms with Crippen molar-refractivity contribution in [1.29, 1.82) is 0 Å². The minimum absolute atomic E-state index is 0.284. The second-order valence-corrected chi connectivity index (χ2v) is 8.34. The minimum Gasteiger partial charge on any atom is -0.443 e. The maximum atomic E-state index is 12.6. The number of ether oxygens (including phenoxy) is 1. The summed E-state index contributed by atoms with van der Waals surface area (Å²) < 4.78 is 5.56. The molecule has 1 fully saturated rings. The third kappa shape index (κ3) is 4.33. The van der Waals surface area contributed by atoms with Crippen LogP contribution < -0.4 is 10.2 Å². The van der Waals surface area contributed by atoms with Crippen molar-refractivity contribution in [2.75, 3.05) is 18.0 Å². The number of carbonyl (C=O) groups is 1. The number of carbonyl (C=O) groups excluding carboxylic acids is 1. The minimum atomic E-state index is -0.567. The third-order valence-corrected chi connectivity index (χ3v) is 5.00. The molecular weight excluding hydrogens is 316 g/mol. The van der Waals surface area contributed by atoms with Crippen LogP contribution in [0.25, 0.3) is 0 Å². The Balaban J connectivity index is 1.70. The molecule has 5 heteroatoms. The van der Waals surface area contributed by atoms with Crippen LogP contribution in [-0.2, 0) is 17.7 Å². The van der Waals surface area contributed by atoms with Crippen molar-refractivity contribution in [2.45, 2.75) is 70.6 Å². The molecule has 0 bridgehead atoms. The van der Waals surface area contributed by atoms with Crippen molar-refractivity contribution in [3.63, 3.8) is 0 Å². The Labute approximate surface area is 150 Å². The highest BCUT2D eigenvalue weighted by Crippen LogP contribution is 2.33. The summed E-state index contributed by atoms with van der Waals surface area (Å²) in [5, 5.41) is 13.9. The topological polar surface area (TPSA) is 61.8 Å². The molecule has 0 saturated heterocycles. The molecule has 1 heterocycles. The van der Waals surface area contributed by atoms with E-state index >= 15 is 0 Å². The molecule has 2 N–H and O–H groups in total. The van der Waals surface area contributed by atoms with E-state index in [1.54, 1.807) is 4.90 Å². The average Bonchev–Trinajstić information content (AvgIpc) is 3.12. The van der Waals surface area contributed by atoms with Gasteiger partial charge < -0.3 is 15.2 Å². The van der Waals surface area contributed by atoms with E-state index in [-0.39, 0.29) is 6.09 Å². The lowest BCUT2D eigenvalue weighted by Crippen LogP contribution is -2.38. The number of fused-ring (bicyclic) bond motifs is 1. The van der Waals surface area contributed by atoms with Crippen molar-refractivity contribution in [1.82, 2.24) is 5.32 Å². The Bertz CT molecular complexity index is 630. The Hall–Kier alpha value is -1.59. The fourth-order valence-corrected chi connectivity index (χ4v) is 3.82.